The number of anilines is 2. The first kappa shape index (κ1) is 20.5. The Morgan fingerprint density at radius 3 is 2.28 bits per heavy atom. The Morgan fingerprint density at radius 2 is 1.59 bits per heavy atom. The van der Waals surface area contributed by atoms with Crippen molar-refractivity contribution in [2.75, 3.05) is 36.0 Å². The van der Waals surface area contributed by atoms with Crippen molar-refractivity contribution in [1.29, 1.82) is 0 Å². The first-order chi connectivity index (χ1) is 15.5. The molecule has 0 atom stereocenters. The molecule has 1 saturated heterocycles. The van der Waals surface area contributed by atoms with Gasteiger partial charge in [-0.1, -0.05) is 23.7 Å². The second-order valence-electron chi connectivity index (χ2n) is 7.83. The summed E-state index contributed by atoms with van der Waals surface area (Å²) in [5.74, 6) is 0.368. The van der Waals surface area contributed by atoms with Gasteiger partial charge in [-0.2, -0.15) is 4.98 Å². The van der Waals surface area contributed by atoms with Gasteiger partial charge in [0.25, 0.3) is 5.56 Å². The Morgan fingerprint density at radius 1 is 0.938 bits per heavy atom. The molecule has 0 saturated carbocycles. The fourth-order valence-corrected chi connectivity index (χ4v) is 4.17. The molecule has 0 amide bonds. The lowest BCUT2D eigenvalue weighted by molar-refractivity contribution is 0.623. The Hall–Kier alpha value is -3.45. The number of hydrogen-bond donors (Lipinski definition) is 0. The van der Waals surface area contributed by atoms with Gasteiger partial charge in [0.1, 0.15) is 11.5 Å². The zero-order valence-corrected chi connectivity index (χ0v) is 18.3. The van der Waals surface area contributed by atoms with Crippen LogP contribution in [0.2, 0.25) is 5.02 Å². The van der Waals surface area contributed by atoms with E-state index in [9.17, 15) is 9.18 Å². The number of aryl methyl sites for hydroxylation is 1. The van der Waals surface area contributed by atoms with Gasteiger partial charge in [0.15, 0.2) is 0 Å². The largest absolute Gasteiger partial charge is 0.368 e. The summed E-state index contributed by atoms with van der Waals surface area (Å²) < 4.78 is 14.8. The van der Waals surface area contributed by atoms with Gasteiger partial charge >= 0.3 is 0 Å². The summed E-state index contributed by atoms with van der Waals surface area (Å²) in [6.45, 7) is 3.03. The topological polar surface area (TPSA) is 54.3 Å². The number of hydrogen-bond acceptors (Lipinski definition) is 5. The fourth-order valence-electron chi connectivity index (χ4n) is 4.04. The maximum absolute atomic E-state index is 13.2. The van der Waals surface area contributed by atoms with E-state index in [1.165, 1.54) is 12.1 Å². The molecule has 0 N–H and O–H groups in total. The molecule has 1 aliphatic rings. The van der Waals surface area contributed by atoms with E-state index in [0.29, 0.717) is 22.2 Å². The third-order valence-electron chi connectivity index (χ3n) is 5.85. The van der Waals surface area contributed by atoms with Gasteiger partial charge in [0, 0.05) is 61.1 Å². The number of piperazine rings is 1. The van der Waals surface area contributed by atoms with E-state index in [1.54, 1.807) is 42.1 Å². The molecule has 3 heterocycles. The molecule has 162 valence electrons. The number of fused-ring (bicyclic) bond motifs is 1. The molecule has 6 nitrogen and oxygen atoms in total. The van der Waals surface area contributed by atoms with Crippen LogP contribution in [0.4, 0.5) is 16.0 Å². The SMILES string of the molecule is Cn1c(=O)c(-c2ccc(Cl)cc2)cc2cnc(N3CCN(c4ccc(F)cc4)CC3)nc21. The highest BCUT2D eigenvalue weighted by molar-refractivity contribution is 6.30. The lowest BCUT2D eigenvalue weighted by Gasteiger charge is -2.36. The first-order valence-electron chi connectivity index (χ1n) is 10.4. The summed E-state index contributed by atoms with van der Waals surface area (Å²) in [6, 6.07) is 15.6. The minimum atomic E-state index is -0.234. The Bertz CT molecular complexity index is 1330. The second-order valence-corrected chi connectivity index (χ2v) is 8.26. The van der Waals surface area contributed by atoms with Crippen molar-refractivity contribution >= 4 is 34.3 Å². The highest BCUT2D eigenvalue weighted by Gasteiger charge is 2.20. The third kappa shape index (κ3) is 3.80. The van der Waals surface area contributed by atoms with Crippen molar-refractivity contribution in [2.24, 2.45) is 7.05 Å². The van der Waals surface area contributed by atoms with E-state index in [1.807, 2.05) is 18.2 Å². The smallest absolute Gasteiger partial charge is 0.259 e. The van der Waals surface area contributed by atoms with Gasteiger partial charge in [-0.3, -0.25) is 9.36 Å². The lowest BCUT2D eigenvalue weighted by Crippen LogP contribution is -2.47. The predicted octanol–water partition coefficient (Wildman–Crippen LogP) is 4.11. The van der Waals surface area contributed by atoms with Crippen molar-refractivity contribution in [2.45, 2.75) is 0 Å². The molecule has 1 aliphatic heterocycles. The molecule has 32 heavy (non-hydrogen) atoms. The van der Waals surface area contributed by atoms with Crippen LogP contribution >= 0.6 is 11.6 Å². The number of nitrogens with zero attached hydrogens (tertiary/aromatic N) is 5. The lowest BCUT2D eigenvalue weighted by atomic mass is 10.1. The summed E-state index contributed by atoms with van der Waals surface area (Å²) >= 11 is 5.98. The van der Waals surface area contributed by atoms with Crippen LogP contribution in [0.25, 0.3) is 22.2 Å². The molecule has 8 heteroatoms. The van der Waals surface area contributed by atoms with E-state index >= 15 is 0 Å². The van der Waals surface area contributed by atoms with E-state index in [0.717, 1.165) is 42.8 Å². The summed E-state index contributed by atoms with van der Waals surface area (Å²) in [6.07, 6.45) is 1.77. The molecule has 0 spiro atoms. The van der Waals surface area contributed by atoms with Crippen LogP contribution in [0.15, 0.2) is 65.6 Å². The summed E-state index contributed by atoms with van der Waals surface area (Å²) in [5.41, 5.74) is 2.87. The minimum Gasteiger partial charge on any atom is -0.368 e. The Labute approximate surface area is 189 Å². The summed E-state index contributed by atoms with van der Waals surface area (Å²) in [7, 11) is 1.73. The first-order valence-corrected chi connectivity index (χ1v) is 10.8. The molecule has 2 aromatic carbocycles. The average molecular weight is 450 g/mol. The number of pyridine rings is 1. The number of halogens is 2. The number of rotatable bonds is 3. The quantitative estimate of drug-likeness (QED) is 0.471. The Balaban J connectivity index is 1.41. The number of benzene rings is 2. The molecule has 0 radical (unpaired) electrons. The predicted molar refractivity (Wildman–Crippen MR) is 126 cm³/mol. The molecular weight excluding hydrogens is 429 g/mol. The highest BCUT2D eigenvalue weighted by atomic mass is 35.5. The fraction of sp³-hybridized carbons (Fsp3) is 0.208. The second kappa shape index (κ2) is 8.24. The van der Waals surface area contributed by atoms with E-state index in [2.05, 4.69) is 14.8 Å². The zero-order chi connectivity index (χ0) is 22.2. The number of aromatic nitrogens is 3. The molecule has 1 fully saturated rings. The monoisotopic (exact) mass is 449 g/mol. The van der Waals surface area contributed by atoms with Crippen LogP contribution in [0.3, 0.4) is 0 Å². The van der Waals surface area contributed by atoms with Crippen LogP contribution in [0, 0.1) is 5.82 Å². The standard InChI is InChI=1S/C24H21ClFN5O/c1-29-22-17(14-21(23(29)32)16-2-4-18(25)5-3-16)15-27-24(28-22)31-12-10-30(11-13-31)20-8-6-19(26)7-9-20/h2-9,14-15H,10-13H2,1H3. The van der Waals surface area contributed by atoms with Crippen molar-refractivity contribution in [3.63, 3.8) is 0 Å². The van der Waals surface area contributed by atoms with Gasteiger partial charge < -0.3 is 9.80 Å². The van der Waals surface area contributed by atoms with Gasteiger partial charge in [-0.15, -0.1) is 0 Å². The van der Waals surface area contributed by atoms with Crippen LogP contribution in [0.1, 0.15) is 0 Å². The van der Waals surface area contributed by atoms with Gasteiger partial charge in [-0.25, -0.2) is 9.37 Å². The van der Waals surface area contributed by atoms with E-state index in [4.69, 9.17) is 16.6 Å². The highest BCUT2D eigenvalue weighted by Crippen LogP contribution is 2.24. The molecule has 2 aromatic heterocycles. The summed E-state index contributed by atoms with van der Waals surface area (Å²) in [5, 5.41) is 1.42. The van der Waals surface area contributed by atoms with Gasteiger partial charge in [0.05, 0.1) is 0 Å². The zero-order valence-electron chi connectivity index (χ0n) is 17.5. The van der Waals surface area contributed by atoms with Gasteiger partial charge in [0.2, 0.25) is 5.95 Å². The molecule has 0 aliphatic carbocycles. The van der Waals surface area contributed by atoms with Crippen LogP contribution in [-0.4, -0.2) is 40.7 Å². The molecule has 0 unspecified atom stereocenters. The summed E-state index contributed by atoms with van der Waals surface area (Å²) in [4.78, 5) is 26.6. The van der Waals surface area contributed by atoms with Crippen molar-refractivity contribution in [3.05, 3.63) is 82.0 Å². The molecule has 5 rings (SSSR count). The van der Waals surface area contributed by atoms with Crippen molar-refractivity contribution in [3.8, 4) is 11.1 Å². The molecule has 4 aromatic rings. The Kier molecular flexibility index (Phi) is 5.27. The molecule has 0 bridgehead atoms. The van der Waals surface area contributed by atoms with Crippen LogP contribution in [0.5, 0.6) is 0 Å². The minimum absolute atomic E-state index is 0.120. The normalized spacial score (nSPS) is 14.2. The van der Waals surface area contributed by atoms with Crippen LogP contribution in [-0.2, 0) is 7.05 Å². The van der Waals surface area contributed by atoms with Crippen LogP contribution < -0.4 is 15.4 Å². The van der Waals surface area contributed by atoms with E-state index in [-0.39, 0.29) is 11.4 Å². The average Bonchev–Trinajstić information content (AvgIpc) is 2.82. The van der Waals surface area contributed by atoms with E-state index < -0.39 is 0 Å². The van der Waals surface area contributed by atoms with Gasteiger partial charge in [-0.05, 0) is 48.0 Å². The maximum Gasteiger partial charge on any atom is 0.259 e. The maximum atomic E-state index is 13.2. The molecular formula is C24H21ClFN5O. The van der Waals surface area contributed by atoms with Crippen molar-refractivity contribution in [1.82, 2.24) is 14.5 Å². The third-order valence-corrected chi connectivity index (χ3v) is 6.10. The van der Waals surface area contributed by atoms with Crippen molar-refractivity contribution < 1.29 is 4.39 Å².